The van der Waals surface area contributed by atoms with Crippen LogP contribution in [-0.2, 0) is 6.54 Å². The number of nitrogens with zero attached hydrogens (tertiary/aromatic N) is 6. The fraction of sp³-hybridized carbons (Fsp3) is 0.429. The van der Waals surface area contributed by atoms with Gasteiger partial charge in [-0.15, -0.1) is 0 Å². The van der Waals surface area contributed by atoms with Gasteiger partial charge in [0, 0.05) is 31.5 Å². The number of anilines is 1. The second-order valence-electron chi connectivity index (χ2n) is 4.99. The van der Waals surface area contributed by atoms with Crippen LogP contribution >= 0.6 is 0 Å². The van der Waals surface area contributed by atoms with Crippen LogP contribution in [0.15, 0.2) is 24.8 Å². The smallest absolute Gasteiger partial charge is 0.158 e. The maximum Gasteiger partial charge on any atom is 0.158 e. The highest BCUT2D eigenvalue weighted by atomic mass is 15.3. The minimum Gasteiger partial charge on any atom is -0.351 e. The molecule has 1 fully saturated rings. The first-order chi connectivity index (χ1) is 9.78. The first-order valence-electron chi connectivity index (χ1n) is 6.74. The van der Waals surface area contributed by atoms with Gasteiger partial charge in [0.15, 0.2) is 5.69 Å². The van der Waals surface area contributed by atoms with Crippen molar-refractivity contribution in [2.75, 3.05) is 11.4 Å². The molecule has 0 spiro atoms. The number of aromatic nitrogens is 4. The van der Waals surface area contributed by atoms with Gasteiger partial charge in [0.1, 0.15) is 17.7 Å². The van der Waals surface area contributed by atoms with Gasteiger partial charge in [-0.1, -0.05) is 0 Å². The number of hydrogen-bond acceptors (Lipinski definition) is 5. The first kappa shape index (κ1) is 12.6. The normalized spacial score (nSPS) is 18.2. The predicted molar refractivity (Wildman–Crippen MR) is 74.1 cm³/mol. The fourth-order valence-electron chi connectivity index (χ4n) is 2.68. The monoisotopic (exact) mass is 268 g/mol. The quantitative estimate of drug-likeness (QED) is 0.844. The number of aryl methyl sites for hydroxylation is 1. The van der Waals surface area contributed by atoms with Gasteiger partial charge in [0.25, 0.3) is 0 Å². The van der Waals surface area contributed by atoms with Crippen molar-refractivity contribution >= 4 is 5.82 Å². The van der Waals surface area contributed by atoms with E-state index in [2.05, 4.69) is 24.4 Å². The van der Waals surface area contributed by atoms with Crippen molar-refractivity contribution in [1.82, 2.24) is 19.5 Å². The molecule has 6 heteroatoms. The zero-order chi connectivity index (χ0) is 13.9. The molecule has 2 aromatic rings. The van der Waals surface area contributed by atoms with Crippen molar-refractivity contribution < 1.29 is 0 Å². The molecule has 2 aromatic heterocycles. The Hall–Kier alpha value is -2.42. The highest BCUT2D eigenvalue weighted by Gasteiger charge is 2.26. The van der Waals surface area contributed by atoms with E-state index in [9.17, 15) is 0 Å². The van der Waals surface area contributed by atoms with Gasteiger partial charge >= 0.3 is 0 Å². The molecule has 0 amide bonds. The van der Waals surface area contributed by atoms with Gasteiger partial charge < -0.3 is 9.47 Å². The molecule has 1 atom stereocenters. The minimum atomic E-state index is 0.356. The molecule has 1 saturated heterocycles. The largest absolute Gasteiger partial charge is 0.351 e. The third-order valence-electron chi connectivity index (χ3n) is 3.76. The zero-order valence-electron chi connectivity index (χ0n) is 11.4. The maximum atomic E-state index is 8.77. The van der Waals surface area contributed by atoms with E-state index in [1.807, 2.05) is 25.4 Å². The molecule has 1 aliphatic heterocycles. The molecular formula is C14H16N6. The Kier molecular flexibility index (Phi) is 3.33. The topological polar surface area (TPSA) is 70.6 Å². The van der Waals surface area contributed by atoms with Crippen LogP contribution in [0.2, 0.25) is 0 Å². The van der Waals surface area contributed by atoms with E-state index in [0.717, 1.165) is 37.6 Å². The summed E-state index contributed by atoms with van der Waals surface area (Å²) < 4.78 is 2.17. The predicted octanol–water partition coefficient (Wildman–Crippen LogP) is 1.52. The summed E-state index contributed by atoms with van der Waals surface area (Å²) in [6, 6.07) is 2.40. The third kappa shape index (κ3) is 2.35. The van der Waals surface area contributed by atoms with E-state index >= 15 is 0 Å². The fourth-order valence-corrected chi connectivity index (χ4v) is 2.68. The maximum absolute atomic E-state index is 8.77. The lowest BCUT2D eigenvalue weighted by Crippen LogP contribution is -2.33. The van der Waals surface area contributed by atoms with Crippen molar-refractivity contribution in [1.29, 1.82) is 5.26 Å². The molecule has 20 heavy (non-hydrogen) atoms. The third-order valence-corrected chi connectivity index (χ3v) is 3.76. The summed E-state index contributed by atoms with van der Waals surface area (Å²) in [5, 5.41) is 8.77. The second kappa shape index (κ2) is 5.29. The van der Waals surface area contributed by atoms with E-state index in [1.54, 1.807) is 6.20 Å². The molecule has 0 aliphatic carbocycles. The summed E-state index contributed by atoms with van der Waals surface area (Å²) in [6.07, 6.45) is 9.36. The number of imidazole rings is 1. The molecule has 0 aromatic carbocycles. The molecule has 1 aliphatic rings. The number of hydrogen-bond donors (Lipinski definition) is 0. The Balaban J connectivity index is 1.78. The molecule has 0 saturated carbocycles. The zero-order valence-corrected chi connectivity index (χ0v) is 11.4. The molecular weight excluding hydrogens is 252 g/mol. The molecule has 0 bridgehead atoms. The van der Waals surface area contributed by atoms with Crippen LogP contribution in [0.4, 0.5) is 5.82 Å². The Morgan fingerprint density at radius 3 is 2.90 bits per heavy atom. The summed E-state index contributed by atoms with van der Waals surface area (Å²) in [4.78, 5) is 15.0. The number of nitriles is 1. The van der Waals surface area contributed by atoms with E-state index in [4.69, 9.17) is 5.26 Å². The van der Waals surface area contributed by atoms with Gasteiger partial charge in [-0.05, 0) is 19.8 Å². The molecule has 6 nitrogen and oxygen atoms in total. The standard InChI is InChI=1S/C14H16N6/c1-11-16-4-6-19(11)10-13-3-2-5-20(13)14-9-17-12(7-15)8-18-14/h4,6,8-9,13H,2-3,5,10H2,1H3. The molecule has 3 rings (SSSR count). The van der Waals surface area contributed by atoms with Crippen LogP contribution in [0.3, 0.4) is 0 Å². The van der Waals surface area contributed by atoms with E-state index < -0.39 is 0 Å². The van der Waals surface area contributed by atoms with Gasteiger partial charge in [-0.2, -0.15) is 5.26 Å². The second-order valence-corrected chi connectivity index (χ2v) is 4.99. The van der Waals surface area contributed by atoms with Crippen LogP contribution in [-0.4, -0.2) is 32.1 Å². The molecule has 0 radical (unpaired) electrons. The van der Waals surface area contributed by atoms with Crippen molar-refractivity contribution in [2.24, 2.45) is 0 Å². The molecule has 0 N–H and O–H groups in total. The average Bonchev–Trinajstić information content (AvgIpc) is 3.09. The van der Waals surface area contributed by atoms with Gasteiger partial charge in [-0.25, -0.2) is 15.0 Å². The first-order valence-corrected chi connectivity index (χ1v) is 6.74. The van der Waals surface area contributed by atoms with Crippen molar-refractivity contribution in [3.8, 4) is 6.07 Å². The Labute approximate surface area is 117 Å². The Bertz CT molecular complexity index is 624. The summed E-state index contributed by atoms with van der Waals surface area (Å²) in [6.45, 7) is 3.91. The lowest BCUT2D eigenvalue weighted by Gasteiger charge is -2.26. The van der Waals surface area contributed by atoms with Crippen molar-refractivity contribution in [2.45, 2.75) is 32.4 Å². The highest BCUT2D eigenvalue weighted by Crippen LogP contribution is 2.24. The van der Waals surface area contributed by atoms with Gasteiger partial charge in [0.05, 0.1) is 12.4 Å². The SMILES string of the molecule is Cc1nccn1CC1CCCN1c1cnc(C#N)cn1. The summed E-state index contributed by atoms with van der Waals surface area (Å²) >= 11 is 0. The summed E-state index contributed by atoms with van der Waals surface area (Å²) in [5.41, 5.74) is 0.356. The minimum absolute atomic E-state index is 0.356. The average molecular weight is 268 g/mol. The lowest BCUT2D eigenvalue weighted by molar-refractivity contribution is 0.537. The van der Waals surface area contributed by atoms with E-state index in [0.29, 0.717) is 11.7 Å². The lowest BCUT2D eigenvalue weighted by atomic mass is 10.2. The Morgan fingerprint density at radius 2 is 2.25 bits per heavy atom. The van der Waals surface area contributed by atoms with Crippen LogP contribution < -0.4 is 4.90 Å². The van der Waals surface area contributed by atoms with Crippen molar-refractivity contribution in [3.05, 3.63) is 36.3 Å². The van der Waals surface area contributed by atoms with Gasteiger partial charge in [0.2, 0.25) is 0 Å². The molecule has 1 unspecified atom stereocenters. The highest BCUT2D eigenvalue weighted by molar-refractivity contribution is 5.39. The van der Waals surface area contributed by atoms with Crippen LogP contribution in [0.25, 0.3) is 0 Å². The van der Waals surface area contributed by atoms with E-state index in [1.165, 1.54) is 6.20 Å². The van der Waals surface area contributed by atoms with Crippen LogP contribution in [0, 0.1) is 18.3 Å². The summed E-state index contributed by atoms with van der Waals surface area (Å²) in [5.74, 6) is 1.88. The van der Waals surface area contributed by atoms with E-state index in [-0.39, 0.29) is 0 Å². The van der Waals surface area contributed by atoms with Crippen LogP contribution in [0.1, 0.15) is 24.4 Å². The van der Waals surface area contributed by atoms with Gasteiger partial charge in [-0.3, -0.25) is 0 Å². The van der Waals surface area contributed by atoms with Crippen molar-refractivity contribution in [3.63, 3.8) is 0 Å². The number of rotatable bonds is 3. The summed E-state index contributed by atoms with van der Waals surface area (Å²) in [7, 11) is 0. The molecule has 3 heterocycles. The molecule has 102 valence electrons. The Morgan fingerprint density at radius 1 is 1.35 bits per heavy atom. The van der Waals surface area contributed by atoms with Crippen LogP contribution in [0.5, 0.6) is 0 Å².